The number of nitriles is 1. The molecule has 0 fully saturated rings. The number of thioether (sulfide) groups is 1. The van der Waals surface area contributed by atoms with Crippen LogP contribution < -0.4 is 9.80 Å². The fraction of sp³-hybridized carbons (Fsp3) is 0.150. The molecule has 4 rings (SSSR count). The number of ketones is 1. The minimum absolute atomic E-state index is 0.0532. The average molecular weight is 403 g/mol. The molecule has 1 aromatic heterocycles. The number of fused-ring (bicyclic) bond motifs is 1. The van der Waals surface area contributed by atoms with Crippen molar-refractivity contribution in [1.82, 2.24) is 20.2 Å². The molecule has 0 N–H and O–H groups in total. The van der Waals surface area contributed by atoms with Gasteiger partial charge in [0.1, 0.15) is 17.5 Å². The molecule has 0 saturated heterocycles. The lowest BCUT2D eigenvalue weighted by atomic mass is 10.2. The van der Waals surface area contributed by atoms with Crippen LogP contribution in [0.3, 0.4) is 0 Å². The fourth-order valence-corrected chi connectivity index (χ4v) is 4.02. The molecule has 8 nitrogen and oxygen atoms in total. The van der Waals surface area contributed by atoms with Gasteiger partial charge in [0, 0.05) is 14.1 Å². The number of carbonyl (C=O) groups excluding carboxylic acids is 1. The number of hydrogen-bond acceptors (Lipinski definition) is 8. The Hall–Kier alpha value is -3.64. The topological polar surface area (TPSA) is 90.9 Å². The maximum atomic E-state index is 12.9. The van der Waals surface area contributed by atoms with Gasteiger partial charge in [-0.2, -0.15) is 9.94 Å². The van der Waals surface area contributed by atoms with Crippen molar-refractivity contribution in [2.75, 3.05) is 29.6 Å². The Morgan fingerprint density at radius 1 is 1.03 bits per heavy atom. The highest BCUT2D eigenvalue weighted by atomic mass is 32.2. The number of tetrazole rings is 1. The van der Waals surface area contributed by atoms with Gasteiger partial charge in [0.25, 0.3) is 0 Å². The number of allylic oxidation sites excluding steroid dienone is 1. The molecule has 1 aliphatic heterocycles. The summed E-state index contributed by atoms with van der Waals surface area (Å²) in [6, 6.07) is 19.3. The van der Waals surface area contributed by atoms with E-state index in [0.717, 1.165) is 17.1 Å². The molecule has 0 bridgehead atoms. The third-order valence-electron chi connectivity index (χ3n) is 4.63. The first-order valence-electron chi connectivity index (χ1n) is 8.82. The molecule has 3 aromatic rings. The van der Waals surface area contributed by atoms with Crippen molar-refractivity contribution in [1.29, 1.82) is 5.26 Å². The summed E-state index contributed by atoms with van der Waals surface area (Å²) < 4.78 is 1.57. The van der Waals surface area contributed by atoms with Gasteiger partial charge in [-0.3, -0.25) is 4.79 Å². The van der Waals surface area contributed by atoms with E-state index >= 15 is 0 Å². The lowest BCUT2D eigenvalue weighted by Crippen LogP contribution is -2.26. The minimum Gasteiger partial charge on any atom is -0.328 e. The standard InChI is InChI=1S/C20H17N7OS/c1-25-16-10-6-7-11-17(16)26(2)19(25)15(12-21)18(28)13-29-20-22-23-24-27(20)14-8-4-3-5-9-14/h3-11H,13H2,1-2H3. The normalized spacial score (nSPS) is 12.7. The lowest BCUT2D eigenvalue weighted by molar-refractivity contribution is -0.112. The van der Waals surface area contributed by atoms with Gasteiger partial charge in [0.15, 0.2) is 5.78 Å². The van der Waals surface area contributed by atoms with Crippen molar-refractivity contribution in [2.45, 2.75) is 5.16 Å². The molecule has 2 aromatic carbocycles. The molecular formula is C20H17N7OS. The summed E-state index contributed by atoms with van der Waals surface area (Å²) in [5, 5.41) is 21.9. The molecular weight excluding hydrogens is 386 g/mol. The third-order valence-corrected chi connectivity index (χ3v) is 5.55. The van der Waals surface area contributed by atoms with E-state index in [9.17, 15) is 10.1 Å². The average Bonchev–Trinajstić information content (AvgIpc) is 3.32. The second-order valence-corrected chi connectivity index (χ2v) is 7.28. The van der Waals surface area contributed by atoms with Crippen LogP contribution in [0.2, 0.25) is 0 Å². The number of benzene rings is 2. The van der Waals surface area contributed by atoms with E-state index < -0.39 is 0 Å². The van der Waals surface area contributed by atoms with Crippen molar-refractivity contribution < 1.29 is 4.79 Å². The van der Waals surface area contributed by atoms with Crippen molar-refractivity contribution in [2.24, 2.45) is 0 Å². The molecule has 0 atom stereocenters. The van der Waals surface area contributed by atoms with E-state index in [2.05, 4.69) is 21.6 Å². The molecule has 0 radical (unpaired) electrons. The van der Waals surface area contributed by atoms with Gasteiger partial charge in [-0.25, -0.2) is 0 Å². The number of nitrogens with zero attached hydrogens (tertiary/aromatic N) is 7. The predicted molar refractivity (Wildman–Crippen MR) is 111 cm³/mol. The highest BCUT2D eigenvalue weighted by Gasteiger charge is 2.31. The fourth-order valence-electron chi connectivity index (χ4n) is 3.26. The van der Waals surface area contributed by atoms with Crippen LogP contribution in [-0.4, -0.2) is 45.8 Å². The maximum absolute atomic E-state index is 12.9. The van der Waals surface area contributed by atoms with Crippen LogP contribution in [0.25, 0.3) is 5.69 Å². The summed E-state index contributed by atoms with van der Waals surface area (Å²) in [6.45, 7) is 0. The Morgan fingerprint density at radius 2 is 1.66 bits per heavy atom. The Morgan fingerprint density at radius 3 is 2.28 bits per heavy atom. The number of anilines is 2. The zero-order chi connectivity index (χ0) is 20.4. The van der Waals surface area contributed by atoms with E-state index in [0.29, 0.717) is 11.0 Å². The van der Waals surface area contributed by atoms with Crippen LogP contribution in [-0.2, 0) is 4.79 Å². The first-order chi connectivity index (χ1) is 14.1. The first kappa shape index (κ1) is 18.7. The van der Waals surface area contributed by atoms with Crippen molar-refractivity contribution in [3.8, 4) is 11.8 Å². The van der Waals surface area contributed by atoms with Crippen molar-refractivity contribution >= 4 is 28.9 Å². The number of aromatic nitrogens is 4. The molecule has 29 heavy (non-hydrogen) atoms. The molecule has 0 aliphatic carbocycles. The summed E-state index contributed by atoms with van der Waals surface area (Å²) in [6.07, 6.45) is 0. The predicted octanol–water partition coefficient (Wildman–Crippen LogP) is 2.64. The van der Waals surface area contributed by atoms with Crippen LogP contribution in [0.1, 0.15) is 0 Å². The van der Waals surface area contributed by atoms with Crippen molar-refractivity contribution in [3.05, 3.63) is 66.0 Å². The number of carbonyl (C=O) groups is 1. The summed E-state index contributed by atoms with van der Waals surface area (Å²) in [4.78, 5) is 16.6. The Kier molecular flexibility index (Phi) is 5.01. The van der Waals surface area contributed by atoms with Crippen molar-refractivity contribution in [3.63, 3.8) is 0 Å². The van der Waals surface area contributed by atoms with E-state index in [4.69, 9.17) is 0 Å². The zero-order valence-corrected chi connectivity index (χ0v) is 16.7. The van der Waals surface area contributed by atoms with E-state index in [-0.39, 0.29) is 17.1 Å². The minimum atomic E-state index is -0.276. The highest BCUT2D eigenvalue weighted by Crippen LogP contribution is 2.40. The Balaban J connectivity index is 1.57. The second-order valence-electron chi connectivity index (χ2n) is 6.34. The van der Waals surface area contributed by atoms with Crippen LogP contribution in [0.4, 0.5) is 11.4 Å². The van der Waals surface area contributed by atoms with Crippen LogP contribution in [0.5, 0.6) is 0 Å². The van der Waals surface area contributed by atoms with Crippen LogP contribution in [0, 0.1) is 11.3 Å². The molecule has 9 heteroatoms. The SMILES string of the molecule is CN1C(=C(C#N)C(=O)CSc2nnnn2-c2ccccc2)N(C)c2ccccc21. The third kappa shape index (κ3) is 3.34. The molecule has 0 saturated carbocycles. The molecule has 2 heterocycles. The van der Waals surface area contributed by atoms with Gasteiger partial charge < -0.3 is 9.80 Å². The van der Waals surface area contributed by atoms with E-state index in [1.165, 1.54) is 11.8 Å². The summed E-state index contributed by atoms with van der Waals surface area (Å²) in [5.74, 6) is 0.348. The van der Waals surface area contributed by atoms with E-state index in [1.807, 2.05) is 78.5 Å². The largest absolute Gasteiger partial charge is 0.328 e. The number of Topliss-reactive ketones (excluding diaryl/α,β-unsaturated/α-hetero) is 1. The lowest BCUT2D eigenvalue weighted by Gasteiger charge is -2.19. The molecule has 0 spiro atoms. The van der Waals surface area contributed by atoms with Crippen LogP contribution in [0.15, 0.2) is 71.1 Å². The number of rotatable bonds is 5. The number of hydrogen-bond donors (Lipinski definition) is 0. The van der Waals surface area contributed by atoms with Gasteiger partial charge >= 0.3 is 0 Å². The smallest absolute Gasteiger partial charge is 0.214 e. The molecule has 0 unspecified atom stereocenters. The van der Waals surface area contributed by atoms with Gasteiger partial charge in [0.05, 0.1) is 22.8 Å². The Labute approximate surface area is 172 Å². The highest BCUT2D eigenvalue weighted by molar-refractivity contribution is 7.99. The second kappa shape index (κ2) is 7.77. The summed E-state index contributed by atoms with van der Waals surface area (Å²) >= 11 is 1.20. The molecule has 144 valence electrons. The Bertz CT molecular complexity index is 1100. The van der Waals surface area contributed by atoms with Gasteiger partial charge in [-0.05, 0) is 34.7 Å². The maximum Gasteiger partial charge on any atom is 0.214 e. The monoisotopic (exact) mass is 403 g/mol. The van der Waals surface area contributed by atoms with Gasteiger partial charge in [-0.1, -0.05) is 42.1 Å². The molecule has 1 aliphatic rings. The molecule has 0 amide bonds. The first-order valence-corrected chi connectivity index (χ1v) is 9.81. The van der Waals surface area contributed by atoms with Gasteiger partial charge in [-0.15, -0.1) is 5.10 Å². The zero-order valence-electron chi connectivity index (χ0n) is 15.9. The van der Waals surface area contributed by atoms with E-state index in [1.54, 1.807) is 4.68 Å². The van der Waals surface area contributed by atoms with Gasteiger partial charge in [0.2, 0.25) is 5.16 Å². The quantitative estimate of drug-likeness (QED) is 0.365. The number of para-hydroxylation sites is 3. The van der Waals surface area contributed by atoms with Crippen LogP contribution >= 0.6 is 11.8 Å². The summed E-state index contributed by atoms with van der Waals surface area (Å²) in [5.41, 5.74) is 2.81. The summed E-state index contributed by atoms with van der Waals surface area (Å²) in [7, 11) is 3.71.